The van der Waals surface area contributed by atoms with Crippen molar-refractivity contribution in [1.29, 1.82) is 0 Å². The molecular weight excluding hydrogens is 242 g/mol. The van der Waals surface area contributed by atoms with Crippen LogP contribution in [0.5, 0.6) is 5.75 Å². The number of hydrogen-bond donors (Lipinski definition) is 2. The number of hydrogen-bond acceptors (Lipinski definition) is 3. The molecule has 17 heavy (non-hydrogen) atoms. The first-order valence-electron chi connectivity index (χ1n) is 5.51. The molecule has 0 aromatic heterocycles. The molecule has 0 aliphatic heterocycles. The number of halogens is 1. The van der Waals surface area contributed by atoms with Crippen LogP contribution < -0.4 is 10.1 Å². The predicted molar refractivity (Wildman–Crippen MR) is 68.0 cm³/mol. The Morgan fingerprint density at radius 1 is 1.53 bits per heavy atom. The maximum absolute atomic E-state index is 10.3. The highest BCUT2D eigenvalue weighted by molar-refractivity contribution is 6.32. The number of anilines is 1. The molecule has 0 bridgehead atoms. The van der Waals surface area contributed by atoms with E-state index < -0.39 is 5.97 Å². The normalized spacial score (nSPS) is 10.0. The monoisotopic (exact) mass is 257 g/mol. The number of rotatable bonds is 7. The van der Waals surface area contributed by atoms with Gasteiger partial charge in [-0.1, -0.05) is 11.6 Å². The third-order valence-corrected chi connectivity index (χ3v) is 2.42. The van der Waals surface area contributed by atoms with Crippen molar-refractivity contribution < 1.29 is 14.6 Å². The van der Waals surface area contributed by atoms with E-state index in [1.54, 1.807) is 12.1 Å². The molecule has 1 aromatic carbocycles. The molecule has 0 amide bonds. The van der Waals surface area contributed by atoms with Crippen molar-refractivity contribution >= 4 is 23.3 Å². The fourth-order valence-corrected chi connectivity index (χ4v) is 1.59. The van der Waals surface area contributed by atoms with E-state index in [9.17, 15) is 4.79 Å². The summed E-state index contributed by atoms with van der Waals surface area (Å²) in [5.74, 6) is -0.123. The Morgan fingerprint density at radius 2 is 2.29 bits per heavy atom. The van der Waals surface area contributed by atoms with Crippen molar-refractivity contribution in [3.63, 3.8) is 0 Å². The average molecular weight is 258 g/mol. The first-order valence-corrected chi connectivity index (χ1v) is 5.89. The van der Waals surface area contributed by atoms with Crippen LogP contribution in [0, 0.1) is 0 Å². The summed E-state index contributed by atoms with van der Waals surface area (Å²) in [6.07, 6.45) is 0.748. The molecule has 0 aliphatic rings. The minimum absolute atomic E-state index is 0.164. The van der Waals surface area contributed by atoms with Gasteiger partial charge in [-0.05, 0) is 31.5 Å². The molecule has 2 N–H and O–H groups in total. The standard InChI is InChI=1S/C12H16ClNO3/c1-2-17-11-6-5-9(8-10(11)13)14-7-3-4-12(15)16/h5-6,8,14H,2-4,7H2,1H3,(H,15,16). The van der Waals surface area contributed by atoms with Crippen LogP contribution in [0.4, 0.5) is 5.69 Å². The number of carboxylic acids is 1. The molecule has 0 atom stereocenters. The van der Waals surface area contributed by atoms with Crippen LogP contribution in [0.25, 0.3) is 0 Å². The quantitative estimate of drug-likeness (QED) is 0.737. The van der Waals surface area contributed by atoms with Gasteiger partial charge in [-0.15, -0.1) is 0 Å². The molecule has 0 unspecified atom stereocenters. The number of aliphatic carboxylic acids is 1. The molecule has 0 fully saturated rings. The van der Waals surface area contributed by atoms with Crippen LogP contribution in [0.3, 0.4) is 0 Å². The minimum Gasteiger partial charge on any atom is -0.492 e. The molecule has 0 saturated heterocycles. The second-order valence-corrected chi connectivity index (χ2v) is 3.91. The average Bonchev–Trinajstić information content (AvgIpc) is 2.28. The van der Waals surface area contributed by atoms with Crippen molar-refractivity contribution in [3.05, 3.63) is 23.2 Å². The molecule has 5 heteroatoms. The third kappa shape index (κ3) is 4.95. The van der Waals surface area contributed by atoms with Crippen molar-refractivity contribution in [2.45, 2.75) is 19.8 Å². The number of carbonyl (C=O) groups is 1. The van der Waals surface area contributed by atoms with E-state index in [0.717, 1.165) is 5.69 Å². The fourth-order valence-electron chi connectivity index (χ4n) is 1.36. The van der Waals surface area contributed by atoms with Crippen LogP contribution in [0.2, 0.25) is 5.02 Å². The van der Waals surface area contributed by atoms with Crippen molar-refractivity contribution in [2.24, 2.45) is 0 Å². The largest absolute Gasteiger partial charge is 0.492 e. The van der Waals surface area contributed by atoms with Crippen LogP contribution >= 0.6 is 11.6 Å². The molecule has 0 radical (unpaired) electrons. The lowest BCUT2D eigenvalue weighted by atomic mass is 10.2. The fraction of sp³-hybridized carbons (Fsp3) is 0.417. The third-order valence-electron chi connectivity index (χ3n) is 2.13. The van der Waals surface area contributed by atoms with E-state index in [4.69, 9.17) is 21.4 Å². The summed E-state index contributed by atoms with van der Waals surface area (Å²) in [4.78, 5) is 10.3. The number of carboxylic acid groups (broad SMARTS) is 1. The zero-order valence-electron chi connectivity index (χ0n) is 9.70. The van der Waals surface area contributed by atoms with Crippen molar-refractivity contribution in [2.75, 3.05) is 18.5 Å². The number of benzene rings is 1. The lowest BCUT2D eigenvalue weighted by Gasteiger charge is -2.09. The van der Waals surface area contributed by atoms with Gasteiger partial charge in [0.15, 0.2) is 0 Å². The van der Waals surface area contributed by atoms with E-state index in [-0.39, 0.29) is 6.42 Å². The van der Waals surface area contributed by atoms with Crippen LogP contribution in [-0.4, -0.2) is 24.2 Å². The molecule has 0 saturated carbocycles. The minimum atomic E-state index is -0.781. The SMILES string of the molecule is CCOc1ccc(NCCCC(=O)O)cc1Cl. The summed E-state index contributed by atoms with van der Waals surface area (Å²) in [6.45, 7) is 3.08. The van der Waals surface area contributed by atoms with E-state index in [1.807, 2.05) is 13.0 Å². The van der Waals surface area contributed by atoms with Gasteiger partial charge in [0.1, 0.15) is 5.75 Å². The van der Waals surface area contributed by atoms with Gasteiger partial charge in [-0.3, -0.25) is 4.79 Å². The Kier molecular flexibility index (Phi) is 5.63. The summed E-state index contributed by atoms with van der Waals surface area (Å²) in [6, 6.07) is 5.43. The zero-order valence-corrected chi connectivity index (χ0v) is 10.5. The van der Waals surface area contributed by atoms with E-state index >= 15 is 0 Å². The molecule has 94 valence electrons. The lowest BCUT2D eigenvalue weighted by molar-refractivity contribution is -0.137. The summed E-state index contributed by atoms with van der Waals surface area (Å²) in [7, 11) is 0. The highest BCUT2D eigenvalue weighted by atomic mass is 35.5. The molecule has 4 nitrogen and oxygen atoms in total. The maximum atomic E-state index is 10.3. The smallest absolute Gasteiger partial charge is 0.303 e. The van der Waals surface area contributed by atoms with Crippen molar-refractivity contribution in [1.82, 2.24) is 0 Å². The summed E-state index contributed by atoms with van der Waals surface area (Å²) < 4.78 is 5.31. The summed E-state index contributed by atoms with van der Waals surface area (Å²) >= 11 is 6.01. The maximum Gasteiger partial charge on any atom is 0.303 e. The first-order chi connectivity index (χ1) is 8.13. The topological polar surface area (TPSA) is 58.6 Å². The van der Waals surface area contributed by atoms with Gasteiger partial charge in [-0.25, -0.2) is 0 Å². The Morgan fingerprint density at radius 3 is 2.88 bits per heavy atom. The number of ether oxygens (including phenoxy) is 1. The van der Waals surface area contributed by atoms with Crippen molar-refractivity contribution in [3.8, 4) is 5.75 Å². The van der Waals surface area contributed by atoms with Gasteiger partial charge in [0.05, 0.1) is 11.6 Å². The summed E-state index contributed by atoms with van der Waals surface area (Å²) in [5, 5.41) is 12.1. The lowest BCUT2D eigenvalue weighted by Crippen LogP contribution is -2.04. The Bertz CT molecular complexity index is 382. The second-order valence-electron chi connectivity index (χ2n) is 3.50. The highest BCUT2D eigenvalue weighted by Gasteiger charge is 2.02. The molecule has 0 aliphatic carbocycles. The van der Waals surface area contributed by atoms with Crippen LogP contribution in [0.1, 0.15) is 19.8 Å². The Labute approximate surface area is 106 Å². The van der Waals surface area contributed by atoms with Crippen LogP contribution in [0.15, 0.2) is 18.2 Å². The Balaban J connectivity index is 2.44. The van der Waals surface area contributed by atoms with E-state index in [2.05, 4.69) is 5.32 Å². The van der Waals surface area contributed by atoms with Gasteiger partial charge >= 0.3 is 5.97 Å². The van der Waals surface area contributed by atoms with E-state index in [1.165, 1.54) is 0 Å². The van der Waals surface area contributed by atoms with Gasteiger partial charge in [-0.2, -0.15) is 0 Å². The van der Waals surface area contributed by atoms with Gasteiger partial charge in [0.2, 0.25) is 0 Å². The molecular formula is C12H16ClNO3. The molecule has 0 heterocycles. The zero-order chi connectivity index (χ0) is 12.7. The highest BCUT2D eigenvalue weighted by Crippen LogP contribution is 2.27. The molecule has 1 rings (SSSR count). The predicted octanol–water partition coefficient (Wildman–Crippen LogP) is 3.02. The van der Waals surface area contributed by atoms with E-state index in [0.29, 0.717) is 30.3 Å². The van der Waals surface area contributed by atoms with Crippen LogP contribution in [-0.2, 0) is 4.79 Å². The first kappa shape index (κ1) is 13.6. The summed E-state index contributed by atoms with van der Waals surface area (Å²) in [5.41, 5.74) is 0.865. The van der Waals surface area contributed by atoms with Gasteiger partial charge < -0.3 is 15.2 Å². The molecule has 1 aromatic rings. The number of nitrogens with one attached hydrogen (secondary N) is 1. The Hall–Kier alpha value is -1.42. The van der Waals surface area contributed by atoms with Gasteiger partial charge in [0.25, 0.3) is 0 Å². The molecule has 0 spiro atoms. The van der Waals surface area contributed by atoms with Gasteiger partial charge in [0, 0.05) is 18.7 Å². The second kappa shape index (κ2) is 7.01.